The second-order valence-electron chi connectivity index (χ2n) is 5.53. The molecule has 4 rings (SSSR count). The Bertz CT molecular complexity index is 745. The number of nitrogens with zero attached hydrogens (tertiary/aromatic N) is 2. The second kappa shape index (κ2) is 4.94. The Morgan fingerprint density at radius 1 is 1.09 bits per heavy atom. The van der Waals surface area contributed by atoms with E-state index in [2.05, 4.69) is 34.3 Å². The van der Waals surface area contributed by atoms with Crippen LogP contribution in [-0.4, -0.2) is 17.7 Å². The number of rotatable bonds is 2. The third kappa shape index (κ3) is 1.97. The molecule has 5 heteroatoms. The normalized spacial score (nSPS) is 16.0. The molecule has 0 fully saturated rings. The highest BCUT2D eigenvalue weighted by Gasteiger charge is 2.25. The van der Waals surface area contributed by atoms with E-state index in [1.807, 2.05) is 12.1 Å². The molecule has 0 spiro atoms. The fourth-order valence-corrected chi connectivity index (χ4v) is 3.04. The van der Waals surface area contributed by atoms with Crippen molar-refractivity contribution in [3.63, 3.8) is 0 Å². The Morgan fingerprint density at radius 2 is 1.73 bits per heavy atom. The molecule has 2 aromatic carbocycles. The quantitative estimate of drug-likeness (QED) is 0.525. The Balaban J connectivity index is 1.79. The second-order valence-corrected chi connectivity index (χ2v) is 5.53. The van der Waals surface area contributed by atoms with Gasteiger partial charge in [0.2, 0.25) is 6.79 Å². The zero-order valence-electron chi connectivity index (χ0n) is 12.2. The lowest BCUT2D eigenvalue weighted by Crippen LogP contribution is -2.17. The summed E-state index contributed by atoms with van der Waals surface area (Å²) in [6.45, 7) is 3.68. The summed E-state index contributed by atoms with van der Waals surface area (Å²) in [5.74, 6) is 1.43. The van der Waals surface area contributed by atoms with E-state index in [1.165, 1.54) is 11.1 Å². The van der Waals surface area contributed by atoms with Crippen LogP contribution in [0.2, 0.25) is 0 Å². The lowest BCUT2D eigenvalue weighted by molar-refractivity contribution is 0.174. The Labute approximate surface area is 128 Å². The van der Waals surface area contributed by atoms with E-state index in [0.717, 1.165) is 30.1 Å². The number of benzene rings is 2. The van der Waals surface area contributed by atoms with Gasteiger partial charge < -0.3 is 19.6 Å². The molecular weight excluding hydrogens is 280 g/mol. The van der Waals surface area contributed by atoms with Crippen molar-refractivity contribution in [2.24, 2.45) is 5.16 Å². The van der Waals surface area contributed by atoms with Gasteiger partial charge in [0.25, 0.3) is 0 Å². The van der Waals surface area contributed by atoms with Gasteiger partial charge in [0.15, 0.2) is 11.5 Å². The highest BCUT2D eigenvalue weighted by molar-refractivity contribution is 6.04. The first-order chi connectivity index (χ1) is 10.8. The summed E-state index contributed by atoms with van der Waals surface area (Å²) in [5, 5.41) is 12.5. The van der Waals surface area contributed by atoms with Crippen LogP contribution in [0.25, 0.3) is 0 Å². The first-order valence-electron chi connectivity index (χ1n) is 7.20. The van der Waals surface area contributed by atoms with Crippen LogP contribution in [0.3, 0.4) is 0 Å². The molecule has 0 amide bonds. The predicted octanol–water partition coefficient (Wildman–Crippen LogP) is 3.13. The minimum atomic E-state index is 0.230. The fraction of sp³-hybridized carbons (Fsp3) is 0.235. The van der Waals surface area contributed by atoms with Crippen LogP contribution < -0.4 is 14.4 Å². The van der Waals surface area contributed by atoms with E-state index in [9.17, 15) is 5.21 Å². The molecule has 0 saturated carbocycles. The molecule has 0 aliphatic carbocycles. The van der Waals surface area contributed by atoms with Crippen LogP contribution in [0.15, 0.2) is 41.6 Å². The predicted molar refractivity (Wildman–Crippen MR) is 82.9 cm³/mol. The van der Waals surface area contributed by atoms with Crippen LogP contribution in [0.1, 0.15) is 23.6 Å². The van der Waals surface area contributed by atoms with Gasteiger partial charge in [0.1, 0.15) is 0 Å². The largest absolute Gasteiger partial charge is 0.454 e. The van der Waals surface area contributed by atoms with Gasteiger partial charge >= 0.3 is 0 Å². The average Bonchev–Trinajstić information content (AvgIpc) is 3.18. The van der Waals surface area contributed by atoms with Crippen LogP contribution in [0.5, 0.6) is 11.5 Å². The molecule has 2 aromatic rings. The minimum absolute atomic E-state index is 0.230. The smallest absolute Gasteiger partial charge is 0.231 e. The van der Waals surface area contributed by atoms with Gasteiger partial charge in [-0.15, -0.1) is 0 Å². The van der Waals surface area contributed by atoms with Crippen molar-refractivity contribution in [2.75, 3.05) is 11.7 Å². The molecule has 0 saturated heterocycles. The molecule has 0 atom stereocenters. The summed E-state index contributed by atoms with van der Waals surface area (Å²) >= 11 is 0. The molecule has 2 aliphatic rings. The van der Waals surface area contributed by atoms with Crippen molar-refractivity contribution in [1.29, 1.82) is 0 Å². The van der Waals surface area contributed by atoms with Gasteiger partial charge in [-0.25, -0.2) is 0 Å². The number of anilines is 1. The van der Waals surface area contributed by atoms with Gasteiger partial charge in [0.05, 0.1) is 11.4 Å². The fourth-order valence-electron chi connectivity index (χ4n) is 3.04. The van der Waals surface area contributed by atoms with E-state index in [4.69, 9.17) is 9.47 Å². The van der Waals surface area contributed by atoms with Crippen molar-refractivity contribution in [1.82, 2.24) is 0 Å². The number of ether oxygens (including phenoxy) is 2. The monoisotopic (exact) mass is 296 g/mol. The van der Waals surface area contributed by atoms with Crippen LogP contribution >= 0.6 is 0 Å². The first kappa shape index (κ1) is 13.0. The molecule has 1 N–H and O–H groups in total. The van der Waals surface area contributed by atoms with Crippen molar-refractivity contribution >= 4 is 11.4 Å². The van der Waals surface area contributed by atoms with E-state index in [1.54, 1.807) is 6.92 Å². The maximum atomic E-state index is 9.17. The van der Waals surface area contributed by atoms with E-state index >= 15 is 0 Å². The molecule has 0 bridgehead atoms. The number of oxime groups is 1. The molecule has 112 valence electrons. The maximum absolute atomic E-state index is 9.17. The molecule has 22 heavy (non-hydrogen) atoms. The standard InChI is InChI=1S/C17H16N2O3/c1-11(18-20)14-6-16-17(22-10-21-16)7-15(14)19-8-12-4-2-3-5-13(12)9-19/h2-7,20H,8-10H2,1H3. The van der Waals surface area contributed by atoms with Gasteiger partial charge in [-0.1, -0.05) is 29.4 Å². The Kier molecular flexibility index (Phi) is 2.92. The first-order valence-corrected chi connectivity index (χ1v) is 7.20. The average molecular weight is 296 g/mol. The van der Waals surface area contributed by atoms with E-state index in [-0.39, 0.29) is 6.79 Å². The zero-order chi connectivity index (χ0) is 15.1. The van der Waals surface area contributed by atoms with Crippen LogP contribution in [0.4, 0.5) is 5.69 Å². The Hall–Kier alpha value is -2.69. The summed E-state index contributed by atoms with van der Waals surface area (Å²) in [7, 11) is 0. The summed E-state index contributed by atoms with van der Waals surface area (Å²) in [6.07, 6.45) is 0. The van der Waals surface area contributed by atoms with Gasteiger partial charge in [0, 0.05) is 24.7 Å². The minimum Gasteiger partial charge on any atom is -0.454 e. The van der Waals surface area contributed by atoms with Gasteiger partial charge in [-0.2, -0.15) is 0 Å². The molecular formula is C17H16N2O3. The third-order valence-corrected chi connectivity index (χ3v) is 4.21. The van der Waals surface area contributed by atoms with E-state index in [0.29, 0.717) is 11.5 Å². The molecule has 5 nitrogen and oxygen atoms in total. The molecule has 0 aromatic heterocycles. The topological polar surface area (TPSA) is 54.3 Å². The maximum Gasteiger partial charge on any atom is 0.231 e. The van der Waals surface area contributed by atoms with Crippen LogP contribution in [0, 0.1) is 0 Å². The molecule has 2 aliphatic heterocycles. The molecule has 2 heterocycles. The van der Waals surface area contributed by atoms with Gasteiger partial charge in [-0.3, -0.25) is 0 Å². The zero-order valence-corrected chi connectivity index (χ0v) is 12.2. The van der Waals surface area contributed by atoms with Gasteiger partial charge in [-0.05, 0) is 24.1 Å². The summed E-state index contributed by atoms with van der Waals surface area (Å²) in [6, 6.07) is 12.3. The highest BCUT2D eigenvalue weighted by atomic mass is 16.7. The molecule has 0 unspecified atom stereocenters. The number of hydrogen-bond acceptors (Lipinski definition) is 5. The SMILES string of the molecule is CC(=NO)c1cc2c(cc1N1Cc3ccccc3C1)OCO2. The lowest BCUT2D eigenvalue weighted by atomic mass is 10.1. The van der Waals surface area contributed by atoms with Crippen molar-refractivity contribution in [2.45, 2.75) is 20.0 Å². The summed E-state index contributed by atoms with van der Waals surface area (Å²) in [5.41, 5.74) is 5.06. The van der Waals surface area contributed by atoms with Crippen LogP contribution in [-0.2, 0) is 13.1 Å². The summed E-state index contributed by atoms with van der Waals surface area (Å²) < 4.78 is 10.9. The molecule has 0 radical (unpaired) electrons. The van der Waals surface area contributed by atoms with Crippen molar-refractivity contribution in [3.05, 3.63) is 53.1 Å². The Morgan fingerprint density at radius 3 is 2.36 bits per heavy atom. The van der Waals surface area contributed by atoms with Crippen molar-refractivity contribution in [3.8, 4) is 11.5 Å². The third-order valence-electron chi connectivity index (χ3n) is 4.21. The lowest BCUT2D eigenvalue weighted by Gasteiger charge is -2.21. The number of fused-ring (bicyclic) bond motifs is 2. The number of hydrogen-bond donors (Lipinski definition) is 1. The highest BCUT2D eigenvalue weighted by Crippen LogP contribution is 2.41. The van der Waals surface area contributed by atoms with Crippen molar-refractivity contribution < 1.29 is 14.7 Å². The summed E-state index contributed by atoms with van der Waals surface area (Å²) in [4.78, 5) is 2.26. The van der Waals surface area contributed by atoms with E-state index < -0.39 is 0 Å².